The standard InChI is InChI=1S/C14H13N2/c1-2-5-12(6-3-1)13-11-15-8-7-14(13)16-9-4-10-16/h1-3,5-8H,4,9-10H2. The van der Waals surface area contributed by atoms with Gasteiger partial charge in [-0.3, -0.25) is 4.98 Å². The Bertz CT molecular complexity index is 475. The normalized spacial score (nSPS) is 14.6. The van der Waals surface area contributed by atoms with E-state index in [1.807, 2.05) is 12.3 Å². The lowest BCUT2D eigenvalue weighted by atomic mass is 10.0. The molecule has 0 atom stereocenters. The van der Waals surface area contributed by atoms with Crippen LogP contribution in [-0.2, 0) is 0 Å². The molecule has 2 aromatic rings. The Hall–Kier alpha value is -1.83. The van der Waals surface area contributed by atoms with Gasteiger partial charge >= 0.3 is 0 Å². The fraction of sp³-hybridized carbons (Fsp3) is 0.214. The van der Waals surface area contributed by atoms with E-state index in [0.717, 1.165) is 18.7 Å². The Kier molecular flexibility index (Phi) is 2.33. The molecule has 1 fully saturated rings. The molecule has 2 heterocycles. The van der Waals surface area contributed by atoms with Gasteiger partial charge in [0.05, 0.1) is 6.20 Å². The second-order valence-electron chi connectivity index (χ2n) is 4.02. The van der Waals surface area contributed by atoms with Crippen molar-refractivity contribution in [2.45, 2.75) is 6.42 Å². The number of benzene rings is 1. The first-order valence-corrected chi connectivity index (χ1v) is 5.62. The molecule has 0 aliphatic carbocycles. The first-order chi connectivity index (χ1) is 7.95. The summed E-state index contributed by atoms with van der Waals surface area (Å²) in [4.78, 5) is 6.49. The Labute approximate surface area is 95.6 Å². The van der Waals surface area contributed by atoms with Gasteiger partial charge in [0.25, 0.3) is 0 Å². The van der Waals surface area contributed by atoms with Gasteiger partial charge in [0.1, 0.15) is 0 Å². The van der Waals surface area contributed by atoms with Crippen LogP contribution in [0.5, 0.6) is 0 Å². The molecule has 1 aromatic heterocycles. The van der Waals surface area contributed by atoms with Crippen molar-refractivity contribution in [3.63, 3.8) is 0 Å². The van der Waals surface area contributed by atoms with Crippen molar-refractivity contribution in [3.8, 4) is 11.1 Å². The van der Waals surface area contributed by atoms with Crippen LogP contribution in [0.1, 0.15) is 6.42 Å². The van der Waals surface area contributed by atoms with Crippen LogP contribution in [0.3, 0.4) is 0 Å². The Morgan fingerprint density at radius 1 is 1.06 bits per heavy atom. The summed E-state index contributed by atoms with van der Waals surface area (Å²) in [5.41, 5.74) is 3.56. The van der Waals surface area contributed by atoms with Crippen LogP contribution in [0, 0.1) is 6.20 Å². The molecule has 0 spiro atoms. The fourth-order valence-electron chi connectivity index (χ4n) is 1.99. The summed E-state index contributed by atoms with van der Waals surface area (Å²) >= 11 is 0. The summed E-state index contributed by atoms with van der Waals surface area (Å²) in [7, 11) is 0. The highest BCUT2D eigenvalue weighted by Gasteiger charge is 2.18. The maximum atomic E-state index is 4.11. The van der Waals surface area contributed by atoms with Crippen molar-refractivity contribution in [1.82, 2.24) is 4.98 Å². The predicted molar refractivity (Wildman–Crippen MR) is 65.3 cm³/mol. The fourth-order valence-corrected chi connectivity index (χ4v) is 1.99. The van der Waals surface area contributed by atoms with Gasteiger partial charge < -0.3 is 4.90 Å². The molecule has 3 rings (SSSR count). The van der Waals surface area contributed by atoms with Crippen LogP contribution < -0.4 is 4.90 Å². The Morgan fingerprint density at radius 3 is 2.56 bits per heavy atom. The SMILES string of the molecule is [c]1nccc(N2CCC2)c1-c1ccccc1. The lowest BCUT2D eigenvalue weighted by Gasteiger charge is -2.34. The van der Waals surface area contributed by atoms with Crippen molar-refractivity contribution in [2.75, 3.05) is 18.0 Å². The minimum Gasteiger partial charge on any atom is -0.371 e. The summed E-state index contributed by atoms with van der Waals surface area (Å²) in [6, 6.07) is 12.4. The number of aromatic nitrogens is 1. The first-order valence-electron chi connectivity index (χ1n) is 5.62. The lowest BCUT2D eigenvalue weighted by molar-refractivity contribution is 0.618. The zero-order valence-electron chi connectivity index (χ0n) is 9.06. The average Bonchev–Trinajstić information content (AvgIpc) is 2.29. The molecular weight excluding hydrogens is 196 g/mol. The molecule has 1 aliphatic heterocycles. The molecule has 2 heteroatoms. The van der Waals surface area contributed by atoms with E-state index in [9.17, 15) is 0 Å². The van der Waals surface area contributed by atoms with Crippen LogP contribution in [0.2, 0.25) is 0 Å². The predicted octanol–water partition coefficient (Wildman–Crippen LogP) is 2.76. The largest absolute Gasteiger partial charge is 0.371 e. The number of pyridine rings is 1. The van der Waals surface area contributed by atoms with Gasteiger partial charge in [0.2, 0.25) is 0 Å². The van der Waals surface area contributed by atoms with Crippen molar-refractivity contribution < 1.29 is 0 Å². The molecular formula is C14H13N2. The molecule has 0 amide bonds. The number of nitrogens with zero attached hydrogens (tertiary/aromatic N) is 2. The van der Waals surface area contributed by atoms with Crippen molar-refractivity contribution in [3.05, 3.63) is 48.8 Å². The van der Waals surface area contributed by atoms with Gasteiger partial charge in [-0.2, -0.15) is 0 Å². The zero-order chi connectivity index (χ0) is 10.8. The Morgan fingerprint density at radius 2 is 1.88 bits per heavy atom. The van der Waals surface area contributed by atoms with E-state index in [4.69, 9.17) is 0 Å². The second-order valence-corrected chi connectivity index (χ2v) is 4.02. The molecule has 79 valence electrons. The highest BCUT2D eigenvalue weighted by Crippen LogP contribution is 2.31. The summed E-state index contributed by atoms with van der Waals surface area (Å²) in [6.45, 7) is 2.30. The third kappa shape index (κ3) is 1.56. The van der Waals surface area contributed by atoms with E-state index in [2.05, 4.69) is 46.4 Å². The van der Waals surface area contributed by atoms with Gasteiger partial charge in [0.15, 0.2) is 0 Å². The van der Waals surface area contributed by atoms with Crippen LogP contribution in [-0.4, -0.2) is 18.1 Å². The highest BCUT2D eigenvalue weighted by molar-refractivity contribution is 5.77. The van der Waals surface area contributed by atoms with Crippen molar-refractivity contribution >= 4 is 5.69 Å². The summed E-state index contributed by atoms with van der Waals surface area (Å²) in [6.07, 6.45) is 6.22. The van der Waals surface area contributed by atoms with Gasteiger partial charge in [-0.15, -0.1) is 0 Å². The zero-order valence-corrected chi connectivity index (χ0v) is 9.06. The van der Waals surface area contributed by atoms with Crippen LogP contribution in [0.25, 0.3) is 11.1 Å². The molecule has 0 N–H and O–H groups in total. The molecule has 2 nitrogen and oxygen atoms in total. The molecule has 16 heavy (non-hydrogen) atoms. The minimum atomic E-state index is 1.11. The molecule has 1 radical (unpaired) electrons. The highest BCUT2D eigenvalue weighted by atomic mass is 15.2. The van der Waals surface area contributed by atoms with Crippen LogP contribution in [0.4, 0.5) is 5.69 Å². The molecule has 0 saturated carbocycles. The molecule has 0 unspecified atom stereocenters. The molecule has 1 saturated heterocycles. The van der Waals surface area contributed by atoms with Gasteiger partial charge in [-0.25, -0.2) is 0 Å². The number of rotatable bonds is 2. The number of anilines is 1. The quantitative estimate of drug-likeness (QED) is 0.756. The maximum Gasteiger partial charge on any atom is 0.0992 e. The molecule has 0 bridgehead atoms. The van der Waals surface area contributed by atoms with E-state index in [1.54, 1.807) is 0 Å². The summed E-state index contributed by atoms with van der Waals surface area (Å²) < 4.78 is 0. The van der Waals surface area contributed by atoms with E-state index in [-0.39, 0.29) is 0 Å². The third-order valence-corrected chi connectivity index (χ3v) is 3.00. The minimum absolute atomic E-state index is 1.11. The van der Waals surface area contributed by atoms with Gasteiger partial charge in [-0.1, -0.05) is 30.3 Å². The Balaban J connectivity index is 2.06. The van der Waals surface area contributed by atoms with E-state index in [1.165, 1.54) is 17.7 Å². The van der Waals surface area contributed by atoms with Crippen molar-refractivity contribution in [1.29, 1.82) is 0 Å². The van der Waals surface area contributed by atoms with Crippen molar-refractivity contribution in [2.24, 2.45) is 0 Å². The smallest absolute Gasteiger partial charge is 0.0992 e. The van der Waals surface area contributed by atoms with Crippen LogP contribution >= 0.6 is 0 Å². The summed E-state index contributed by atoms with van der Waals surface area (Å²) in [5.74, 6) is 0. The van der Waals surface area contributed by atoms with E-state index < -0.39 is 0 Å². The number of hydrogen-bond acceptors (Lipinski definition) is 2. The van der Waals surface area contributed by atoms with E-state index in [0.29, 0.717) is 0 Å². The monoisotopic (exact) mass is 209 g/mol. The van der Waals surface area contributed by atoms with E-state index >= 15 is 0 Å². The topological polar surface area (TPSA) is 16.1 Å². The second kappa shape index (κ2) is 3.97. The number of hydrogen-bond donors (Lipinski definition) is 0. The molecule has 1 aliphatic rings. The van der Waals surface area contributed by atoms with Gasteiger partial charge in [-0.05, 0) is 18.1 Å². The third-order valence-electron chi connectivity index (χ3n) is 3.00. The summed E-state index contributed by atoms with van der Waals surface area (Å²) in [5, 5.41) is 0. The first kappa shape index (κ1) is 9.40. The van der Waals surface area contributed by atoms with Gasteiger partial charge in [0, 0.05) is 30.5 Å². The molecule has 1 aromatic carbocycles. The lowest BCUT2D eigenvalue weighted by Crippen LogP contribution is -2.37. The maximum absolute atomic E-state index is 4.11. The average molecular weight is 209 g/mol. The van der Waals surface area contributed by atoms with Crippen LogP contribution in [0.15, 0.2) is 42.6 Å².